The maximum absolute atomic E-state index is 13.8. The van der Waals surface area contributed by atoms with Crippen molar-refractivity contribution in [3.8, 4) is 11.3 Å². The molecule has 2 aromatic rings. The van der Waals surface area contributed by atoms with Crippen molar-refractivity contribution in [2.24, 2.45) is 0 Å². The number of alkyl halides is 3. The van der Waals surface area contributed by atoms with Crippen LogP contribution < -0.4 is 5.73 Å². The smallest absolute Gasteiger partial charge is 0.367 e. The average Bonchev–Trinajstić information content (AvgIpc) is 2.59. The molecule has 0 aliphatic rings. The Kier molecular flexibility index (Phi) is 2.76. The van der Waals surface area contributed by atoms with E-state index in [1.165, 1.54) is 13.0 Å². The van der Waals surface area contributed by atoms with E-state index < -0.39 is 17.6 Å². The lowest BCUT2D eigenvalue weighted by atomic mass is 10.0. The molecular weight excluding hydrogens is 252 g/mol. The van der Waals surface area contributed by atoms with Crippen LogP contribution in [0.1, 0.15) is 11.1 Å². The summed E-state index contributed by atoms with van der Waals surface area (Å²) >= 11 is 0. The van der Waals surface area contributed by atoms with Gasteiger partial charge >= 0.3 is 6.18 Å². The highest BCUT2D eigenvalue weighted by Crippen LogP contribution is 2.36. The largest absolute Gasteiger partial charge is 0.419 e. The van der Waals surface area contributed by atoms with Gasteiger partial charge in [0.2, 0.25) is 5.88 Å². The van der Waals surface area contributed by atoms with E-state index >= 15 is 0 Å². The average molecular weight is 260 g/mol. The van der Waals surface area contributed by atoms with E-state index in [0.717, 1.165) is 6.07 Å². The van der Waals surface area contributed by atoms with Crippen molar-refractivity contribution in [1.82, 2.24) is 5.16 Å². The van der Waals surface area contributed by atoms with Crippen LogP contribution in [0.2, 0.25) is 0 Å². The normalized spacial score (nSPS) is 11.8. The predicted molar refractivity (Wildman–Crippen MR) is 56.0 cm³/mol. The zero-order chi connectivity index (χ0) is 13.5. The van der Waals surface area contributed by atoms with E-state index in [1.54, 1.807) is 0 Å². The first-order chi connectivity index (χ1) is 8.32. The molecule has 2 N–H and O–H groups in total. The van der Waals surface area contributed by atoms with Gasteiger partial charge in [-0.1, -0.05) is 11.2 Å². The molecule has 1 aromatic carbocycles. The van der Waals surface area contributed by atoms with Gasteiger partial charge in [0.15, 0.2) is 0 Å². The van der Waals surface area contributed by atoms with Crippen LogP contribution >= 0.6 is 0 Å². The monoisotopic (exact) mass is 260 g/mol. The Bertz CT molecular complexity index is 589. The van der Waals surface area contributed by atoms with E-state index in [-0.39, 0.29) is 17.1 Å². The van der Waals surface area contributed by atoms with Gasteiger partial charge in [-0.2, -0.15) is 13.2 Å². The van der Waals surface area contributed by atoms with Crippen LogP contribution in [-0.2, 0) is 6.18 Å². The van der Waals surface area contributed by atoms with Gasteiger partial charge in [0, 0.05) is 11.1 Å². The van der Waals surface area contributed by atoms with Crippen molar-refractivity contribution < 1.29 is 22.1 Å². The summed E-state index contributed by atoms with van der Waals surface area (Å²) in [7, 11) is 0. The molecule has 0 bridgehead atoms. The molecule has 1 aromatic heterocycles. The number of nitrogen functional groups attached to an aromatic ring is 1. The van der Waals surface area contributed by atoms with Gasteiger partial charge in [-0.15, -0.1) is 0 Å². The molecule has 0 spiro atoms. The van der Waals surface area contributed by atoms with Crippen LogP contribution in [0, 0.1) is 12.7 Å². The number of hydrogen-bond acceptors (Lipinski definition) is 3. The summed E-state index contributed by atoms with van der Waals surface area (Å²) in [6.07, 6.45) is -4.76. The minimum atomic E-state index is -4.76. The summed E-state index contributed by atoms with van der Waals surface area (Å²) in [5, 5.41) is 3.46. The van der Waals surface area contributed by atoms with Crippen LogP contribution in [0.5, 0.6) is 0 Å². The van der Waals surface area contributed by atoms with Crippen molar-refractivity contribution in [2.45, 2.75) is 13.1 Å². The fraction of sp³-hybridized carbons (Fsp3) is 0.182. The molecular formula is C11H8F4N2O. The van der Waals surface area contributed by atoms with E-state index in [1.807, 2.05) is 0 Å². The SMILES string of the molecule is Cc1c(-c2cccc(C(F)(F)F)c2F)noc1N. The fourth-order valence-electron chi connectivity index (χ4n) is 1.53. The van der Waals surface area contributed by atoms with E-state index in [0.29, 0.717) is 11.6 Å². The molecule has 7 heteroatoms. The van der Waals surface area contributed by atoms with E-state index in [2.05, 4.69) is 9.68 Å². The highest BCUT2D eigenvalue weighted by molar-refractivity contribution is 5.67. The second kappa shape index (κ2) is 4.01. The third kappa shape index (κ3) is 1.92. The van der Waals surface area contributed by atoms with Gasteiger partial charge in [-0.3, -0.25) is 0 Å². The predicted octanol–water partition coefficient (Wildman–Crippen LogP) is 3.39. The Labute approximate surface area is 99.2 Å². The summed E-state index contributed by atoms with van der Waals surface area (Å²) < 4.78 is 56.0. The lowest BCUT2D eigenvalue weighted by Gasteiger charge is -2.09. The third-order valence-corrected chi connectivity index (χ3v) is 2.52. The van der Waals surface area contributed by atoms with Gasteiger partial charge in [0.1, 0.15) is 11.5 Å². The summed E-state index contributed by atoms with van der Waals surface area (Å²) in [6.45, 7) is 1.49. The molecule has 0 unspecified atom stereocenters. The van der Waals surface area contributed by atoms with Gasteiger partial charge in [-0.25, -0.2) is 4.39 Å². The van der Waals surface area contributed by atoms with E-state index in [4.69, 9.17) is 5.73 Å². The summed E-state index contributed by atoms with van der Waals surface area (Å²) in [6, 6.07) is 2.96. The number of hydrogen-bond donors (Lipinski definition) is 1. The summed E-state index contributed by atoms with van der Waals surface area (Å²) in [4.78, 5) is 0. The zero-order valence-corrected chi connectivity index (χ0v) is 9.18. The lowest BCUT2D eigenvalue weighted by Crippen LogP contribution is -2.08. The van der Waals surface area contributed by atoms with Crippen LogP contribution in [0.3, 0.4) is 0 Å². The highest BCUT2D eigenvalue weighted by Gasteiger charge is 2.35. The first kappa shape index (κ1) is 12.4. The summed E-state index contributed by atoms with van der Waals surface area (Å²) in [5.74, 6) is -1.44. The van der Waals surface area contributed by atoms with Crippen LogP contribution in [-0.4, -0.2) is 5.16 Å². The van der Waals surface area contributed by atoms with Crippen molar-refractivity contribution in [3.63, 3.8) is 0 Å². The number of rotatable bonds is 1. The minimum absolute atomic E-state index is 0.0314. The molecule has 0 saturated carbocycles. The number of halogens is 4. The number of benzene rings is 1. The van der Waals surface area contributed by atoms with Crippen molar-refractivity contribution >= 4 is 5.88 Å². The second-order valence-electron chi connectivity index (χ2n) is 3.69. The van der Waals surface area contributed by atoms with Gasteiger partial charge in [-0.05, 0) is 19.1 Å². The van der Waals surface area contributed by atoms with Crippen molar-refractivity contribution in [3.05, 3.63) is 35.1 Å². The maximum Gasteiger partial charge on any atom is 0.419 e. The molecule has 96 valence electrons. The quantitative estimate of drug-likeness (QED) is 0.799. The van der Waals surface area contributed by atoms with Gasteiger partial charge in [0.05, 0.1) is 5.56 Å². The molecule has 0 aliphatic carbocycles. The van der Waals surface area contributed by atoms with Crippen LogP contribution in [0.4, 0.5) is 23.4 Å². The Morgan fingerprint density at radius 2 is 1.94 bits per heavy atom. The molecule has 0 atom stereocenters. The standard InChI is InChI=1S/C11H8F4N2O/c1-5-9(17-18-10(5)16)6-3-2-4-7(8(6)12)11(13,14)15/h2-4H,16H2,1H3. The fourth-order valence-corrected chi connectivity index (χ4v) is 1.53. The Morgan fingerprint density at radius 3 is 2.44 bits per heavy atom. The van der Waals surface area contributed by atoms with Crippen LogP contribution in [0.15, 0.2) is 22.7 Å². The molecule has 0 radical (unpaired) electrons. The molecule has 2 rings (SSSR count). The lowest BCUT2D eigenvalue weighted by molar-refractivity contribution is -0.139. The van der Waals surface area contributed by atoms with E-state index in [9.17, 15) is 17.6 Å². The molecule has 0 fully saturated rings. The Balaban J connectivity index is 2.64. The maximum atomic E-state index is 13.8. The number of nitrogens with two attached hydrogens (primary N) is 1. The van der Waals surface area contributed by atoms with Gasteiger partial charge in [0.25, 0.3) is 0 Å². The Morgan fingerprint density at radius 1 is 1.28 bits per heavy atom. The first-order valence-electron chi connectivity index (χ1n) is 4.90. The highest BCUT2D eigenvalue weighted by atomic mass is 19.4. The molecule has 18 heavy (non-hydrogen) atoms. The zero-order valence-electron chi connectivity index (χ0n) is 9.18. The summed E-state index contributed by atoms with van der Waals surface area (Å²) in [5.41, 5.74) is 4.01. The topological polar surface area (TPSA) is 52.0 Å². The molecule has 3 nitrogen and oxygen atoms in total. The molecule has 0 amide bonds. The molecule has 0 saturated heterocycles. The van der Waals surface area contributed by atoms with Crippen molar-refractivity contribution in [2.75, 3.05) is 5.73 Å². The number of nitrogens with zero attached hydrogens (tertiary/aromatic N) is 1. The third-order valence-electron chi connectivity index (χ3n) is 2.52. The second-order valence-corrected chi connectivity index (χ2v) is 3.69. The van der Waals surface area contributed by atoms with Crippen LogP contribution in [0.25, 0.3) is 11.3 Å². The minimum Gasteiger partial charge on any atom is -0.367 e. The number of anilines is 1. The molecule has 0 aliphatic heterocycles. The number of aromatic nitrogens is 1. The first-order valence-corrected chi connectivity index (χ1v) is 4.90. The Hall–Kier alpha value is -2.05. The molecule has 1 heterocycles. The van der Waals surface area contributed by atoms with Crippen molar-refractivity contribution in [1.29, 1.82) is 0 Å². The van der Waals surface area contributed by atoms with Gasteiger partial charge < -0.3 is 10.3 Å².